The summed E-state index contributed by atoms with van der Waals surface area (Å²) in [6.07, 6.45) is 0.330. The van der Waals surface area contributed by atoms with Crippen molar-refractivity contribution < 1.29 is 14.3 Å². The smallest absolute Gasteiger partial charge is 0.226 e. The van der Waals surface area contributed by atoms with Crippen molar-refractivity contribution in [1.29, 1.82) is 0 Å². The zero-order valence-electron chi connectivity index (χ0n) is 13.3. The number of carbonyl (C=O) groups excluding carboxylic acids is 2. The van der Waals surface area contributed by atoms with Gasteiger partial charge in [0.1, 0.15) is 5.75 Å². The standard InChI is InChI=1S/C18H20N2O3/c1-13(21)14-4-3-5-16(12-14)20-18(22)10-11-19-15-6-8-17(23-2)9-7-15/h3-9,12,19H,10-11H2,1-2H3,(H,20,22). The molecule has 0 heterocycles. The van der Waals surface area contributed by atoms with Gasteiger partial charge in [0.15, 0.2) is 5.78 Å². The fourth-order valence-corrected chi connectivity index (χ4v) is 2.07. The van der Waals surface area contributed by atoms with Crippen molar-refractivity contribution >= 4 is 23.1 Å². The topological polar surface area (TPSA) is 67.4 Å². The van der Waals surface area contributed by atoms with E-state index in [0.29, 0.717) is 24.2 Å². The van der Waals surface area contributed by atoms with E-state index in [0.717, 1.165) is 11.4 Å². The van der Waals surface area contributed by atoms with Gasteiger partial charge in [-0.05, 0) is 43.3 Å². The molecule has 0 saturated carbocycles. The first-order valence-corrected chi connectivity index (χ1v) is 7.37. The summed E-state index contributed by atoms with van der Waals surface area (Å²) in [5, 5.41) is 5.96. The first kappa shape index (κ1) is 16.5. The number of benzene rings is 2. The molecule has 0 aliphatic carbocycles. The number of nitrogens with one attached hydrogen (secondary N) is 2. The number of Topliss-reactive ketones (excluding diaryl/α,β-unsaturated/α-hetero) is 1. The number of amides is 1. The Bertz CT molecular complexity index is 681. The average molecular weight is 312 g/mol. The van der Waals surface area contributed by atoms with Crippen LogP contribution in [-0.2, 0) is 4.79 Å². The molecule has 0 radical (unpaired) electrons. The third-order valence-electron chi connectivity index (χ3n) is 3.32. The molecule has 0 spiro atoms. The molecule has 23 heavy (non-hydrogen) atoms. The number of rotatable bonds is 7. The maximum Gasteiger partial charge on any atom is 0.226 e. The van der Waals surface area contributed by atoms with Crippen LogP contribution in [0.25, 0.3) is 0 Å². The van der Waals surface area contributed by atoms with Gasteiger partial charge in [0, 0.05) is 29.9 Å². The Kier molecular flexibility index (Phi) is 5.74. The summed E-state index contributed by atoms with van der Waals surface area (Å²) < 4.78 is 5.09. The van der Waals surface area contributed by atoms with Crippen LogP contribution in [-0.4, -0.2) is 25.3 Å². The molecular weight excluding hydrogens is 292 g/mol. The van der Waals surface area contributed by atoms with Crippen LogP contribution in [0.1, 0.15) is 23.7 Å². The van der Waals surface area contributed by atoms with Gasteiger partial charge >= 0.3 is 0 Å². The Morgan fingerprint density at radius 3 is 2.43 bits per heavy atom. The Balaban J connectivity index is 1.80. The largest absolute Gasteiger partial charge is 0.497 e. The van der Waals surface area contributed by atoms with Crippen LogP contribution in [0.3, 0.4) is 0 Å². The van der Waals surface area contributed by atoms with Gasteiger partial charge in [-0.2, -0.15) is 0 Å². The van der Waals surface area contributed by atoms with E-state index in [-0.39, 0.29) is 11.7 Å². The van der Waals surface area contributed by atoms with Crippen molar-refractivity contribution in [2.45, 2.75) is 13.3 Å². The number of hydrogen-bond donors (Lipinski definition) is 2. The number of anilines is 2. The molecule has 5 nitrogen and oxygen atoms in total. The highest BCUT2D eigenvalue weighted by atomic mass is 16.5. The second-order valence-corrected chi connectivity index (χ2v) is 5.09. The fraction of sp³-hybridized carbons (Fsp3) is 0.222. The van der Waals surface area contributed by atoms with E-state index in [1.54, 1.807) is 31.4 Å². The molecule has 0 atom stereocenters. The Labute approximate surface area is 135 Å². The van der Waals surface area contributed by atoms with Gasteiger partial charge in [0.25, 0.3) is 0 Å². The quantitative estimate of drug-likeness (QED) is 0.770. The lowest BCUT2D eigenvalue weighted by molar-refractivity contribution is -0.115. The summed E-state index contributed by atoms with van der Waals surface area (Å²) >= 11 is 0. The predicted octanol–water partition coefficient (Wildman–Crippen LogP) is 3.34. The third-order valence-corrected chi connectivity index (χ3v) is 3.32. The molecule has 0 fully saturated rings. The van der Waals surface area contributed by atoms with Gasteiger partial charge in [-0.3, -0.25) is 9.59 Å². The normalized spacial score (nSPS) is 10.0. The summed E-state index contributed by atoms with van der Waals surface area (Å²) in [6, 6.07) is 14.4. The minimum absolute atomic E-state index is 0.0257. The maximum atomic E-state index is 11.9. The van der Waals surface area contributed by atoms with Crippen molar-refractivity contribution in [3.05, 3.63) is 54.1 Å². The minimum Gasteiger partial charge on any atom is -0.497 e. The summed E-state index contributed by atoms with van der Waals surface area (Å²) in [7, 11) is 1.62. The van der Waals surface area contributed by atoms with Crippen molar-refractivity contribution in [2.24, 2.45) is 0 Å². The van der Waals surface area contributed by atoms with E-state index in [2.05, 4.69) is 10.6 Å². The highest BCUT2D eigenvalue weighted by Crippen LogP contribution is 2.15. The third kappa shape index (κ3) is 5.14. The highest BCUT2D eigenvalue weighted by Gasteiger charge is 2.05. The molecule has 2 N–H and O–H groups in total. The molecule has 2 aromatic rings. The summed E-state index contributed by atoms with van der Waals surface area (Å²) in [4.78, 5) is 23.3. The Morgan fingerprint density at radius 1 is 1.04 bits per heavy atom. The number of methoxy groups -OCH3 is 1. The summed E-state index contributed by atoms with van der Waals surface area (Å²) in [6.45, 7) is 2.02. The fourth-order valence-electron chi connectivity index (χ4n) is 2.07. The molecule has 2 aromatic carbocycles. The molecule has 5 heteroatoms. The number of carbonyl (C=O) groups is 2. The van der Waals surface area contributed by atoms with Crippen LogP contribution in [0.5, 0.6) is 5.75 Å². The minimum atomic E-state index is -0.105. The Hall–Kier alpha value is -2.82. The lowest BCUT2D eigenvalue weighted by Crippen LogP contribution is -2.16. The lowest BCUT2D eigenvalue weighted by atomic mass is 10.1. The first-order chi connectivity index (χ1) is 11.1. The van der Waals surface area contributed by atoms with Crippen LogP contribution in [0.15, 0.2) is 48.5 Å². The molecule has 0 saturated heterocycles. The van der Waals surface area contributed by atoms with Crippen LogP contribution in [0, 0.1) is 0 Å². The molecule has 0 bridgehead atoms. The molecule has 120 valence electrons. The zero-order valence-corrected chi connectivity index (χ0v) is 13.3. The van der Waals surface area contributed by atoms with Crippen molar-refractivity contribution in [1.82, 2.24) is 0 Å². The van der Waals surface area contributed by atoms with Gasteiger partial charge in [0.2, 0.25) is 5.91 Å². The van der Waals surface area contributed by atoms with E-state index in [4.69, 9.17) is 4.74 Å². The van der Waals surface area contributed by atoms with Crippen molar-refractivity contribution in [3.8, 4) is 5.75 Å². The van der Waals surface area contributed by atoms with Crippen LogP contribution in [0.4, 0.5) is 11.4 Å². The van der Waals surface area contributed by atoms with Crippen LogP contribution < -0.4 is 15.4 Å². The van der Waals surface area contributed by atoms with Gasteiger partial charge in [-0.1, -0.05) is 12.1 Å². The van der Waals surface area contributed by atoms with E-state index in [1.807, 2.05) is 24.3 Å². The van der Waals surface area contributed by atoms with Gasteiger partial charge in [0.05, 0.1) is 7.11 Å². The van der Waals surface area contributed by atoms with E-state index in [1.165, 1.54) is 6.92 Å². The van der Waals surface area contributed by atoms with Crippen molar-refractivity contribution in [3.63, 3.8) is 0 Å². The number of ketones is 1. The van der Waals surface area contributed by atoms with E-state index < -0.39 is 0 Å². The maximum absolute atomic E-state index is 11.9. The molecule has 1 amide bonds. The van der Waals surface area contributed by atoms with E-state index >= 15 is 0 Å². The van der Waals surface area contributed by atoms with Gasteiger partial charge in [-0.25, -0.2) is 0 Å². The molecule has 0 aliphatic rings. The molecule has 0 unspecified atom stereocenters. The van der Waals surface area contributed by atoms with Crippen molar-refractivity contribution in [2.75, 3.05) is 24.3 Å². The second kappa shape index (κ2) is 7.98. The summed E-state index contributed by atoms with van der Waals surface area (Å²) in [5.41, 5.74) is 2.14. The highest BCUT2D eigenvalue weighted by molar-refractivity contribution is 5.97. The van der Waals surface area contributed by atoms with Crippen LogP contribution >= 0.6 is 0 Å². The molecular formula is C18H20N2O3. The Morgan fingerprint density at radius 2 is 1.78 bits per heavy atom. The number of ether oxygens (including phenoxy) is 1. The average Bonchev–Trinajstić information content (AvgIpc) is 2.55. The molecule has 0 aliphatic heterocycles. The van der Waals surface area contributed by atoms with Gasteiger partial charge < -0.3 is 15.4 Å². The SMILES string of the molecule is COc1ccc(NCCC(=O)Nc2cccc(C(C)=O)c2)cc1. The first-order valence-electron chi connectivity index (χ1n) is 7.37. The molecule has 2 rings (SSSR count). The number of hydrogen-bond acceptors (Lipinski definition) is 4. The van der Waals surface area contributed by atoms with Gasteiger partial charge in [-0.15, -0.1) is 0 Å². The predicted molar refractivity (Wildman–Crippen MR) is 91.2 cm³/mol. The zero-order chi connectivity index (χ0) is 16.7. The molecule has 0 aromatic heterocycles. The lowest BCUT2D eigenvalue weighted by Gasteiger charge is -2.09. The monoisotopic (exact) mass is 312 g/mol. The van der Waals surface area contributed by atoms with Crippen LogP contribution in [0.2, 0.25) is 0 Å². The second-order valence-electron chi connectivity index (χ2n) is 5.09. The van der Waals surface area contributed by atoms with E-state index in [9.17, 15) is 9.59 Å². The summed E-state index contributed by atoms with van der Waals surface area (Å²) in [5.74, 6) is 0.660.